The Morgan fingerprint density at radius 1 is 0.970 bits per heavy atom. The smallest absolute Gasteiger partial charge is 0.338 e. The molecular weight excluding hydrogens is 471 g/mol. The number of benzene rings is 2. The Kier molecular flexibility index (Phi) is 5.83. The van der Waals surface area contributed by atoms with Crippen LogP contribution in [0.25, 0.3) is 10.9 Å². The van der Waals surface area contributed by atoms with Crippen molar-refractivity contribution in [2.45, 2.75) is 36.6 Å². The van der Waals surface area contributed by atoms with Crippen LogP contribution in [0.2, 0.25) is 0 Å². The molecule has 4 rings (SSSR count). The van der Waals surface area contributed by atoms with Gasteiger partial charge in [-0.15, -0.1) is 0 Å². The molecule has 2 heterocycles. The average Bonchev–Trinajstić information content (AvgIpc) is 3.43. The van der Waals surface area contributed by atoms with Crippen molar-refractivity contribution < 1.29 is 30.8 Å². The van der Waals surface area contributed by atoms with Crippen molar-refractivity contribution in [1.82, 2.24) is 8.28 Å². The topological polar surface area (TPSA) is 103 Å². The van der Waals surface area contributed by atoms with E-state index in [2.05, 4.69) is 0 Å². The number of rotatable bonds is 5. The molecule has 0 atom stereocenters. The number of nitrogens with zero attached hydrogens (tertiary/aromatic N) is 2. The van der Waals surface area contributed by atoms with Crippen molar-refractivity contribution in [2.75, 3.05) is 20.2 Å². The van der Waals surface area contributed by atoms with Crippen LogP contribution < -0.4 is 0 Å². The highest BCUT2D eigenvalue weighted by Crippen LogP contribution is 2.36. The van der Waals surface area contributed by atoms with Crippen LogP contribution in [-0.4, -0.2) is 51.3 Å². The largest absolute Gasteiger partial charge is 0.465 e. The summed E-state index contributed by atoms with van der Waals surface area (Å²) in [5, 5.41) is -0.762. The summed E-state index contributed by atoms with van der Waals surface area (Å²) in [6.07, 6.45) is 1.26. The normalized spacial score (nSPS) is 15.3. The molecule has 176 valence electrons. The summed E-state index contributed by atoms with van der Waals surface area (Å²) < 4.78 is 76.2. The lowest BCUT2D eigenvalue weighted by Gasteiger charge is -2.18. The van der Waals surface area contributed by atoms with E-state index >= 15 is 4.39 Å². The summed E-state index contributed by atoms with van der Waals surface area (Å²) in [5.74, 6) is -1.79. The molecule has 0 spiro atoms. The molecule has 0 radical (unpaired) electrons. The lowest BCUT2D eigenvalue weighted by atomic mass is 10.0. The van der Waals surface area contributed by atoms with Crippen LogP contribution in [0.1, 0.15) is 34.3 Å². The van der Waals surface area contributed by atoms with E-state index < -0.39 is 42.4 Å². The zero-order valence-electron chi connectivity index (χ0n) is 18.3. The number of halogens is 1. The Hall–Kier alpha value is -2.76. The van der Waals surface area contributed by atoms with Gasteiger partial charge in [0.15, 0.2) is 5.03 Å². The molecule has 33 heavy (non-hydrogen) atoms. The van der Waals surface area contributed by atoms with Crippen LogP contribution in [0.5, 0.6) is 0 Å². The van der Waals surface area contributed by atoms with Gasteiger partial charge in [-0.1, -0.05) is 17.7 Å². The molecule has 8 nitrogen and oxygen atoms in total. The van der Waals surface area contributed by atoms with Crippen molar-refractivity contribution >= 4 is 36.9 Å². The van der Waals surface area contributed by atoms with Gasteiger partial charge in [0.1, 0.15) is 11.3 Å². The average molecular weight is 495 g/mol. The highest BCUT2D eigenvalue weighted by molar-refractivity contribution is 7.92. The van der Waals surface area contributed by atoms with Gasteiger partial charge >= 0.3 is 5.97 Å². The number of carbonyl (C=O) groups excluding carboxylic acids is 1. The van der Waals surface area contributed by atoms with Gasteiger partial charge in [0, 0.05) is 18.5 Å². The monoisotopic (exact) mass is 494 g/mol. The van der Waals surface area contributed by atoms with E-state index in [9.17, 15) is 21.6 Å². The van der Waals surface area contributed by atoms with Gasteiger partial charge in [0.25, 0.3) is 20.0 Å². The van der Waals surface area contributed by atoms with Crippen molar-refractivity contribution in [3.63, 3.8) is 0 Å². The summed E-state index contributed by atoms with van der Waals surface area (Å²) in [6, 6.07) is 7.84. The Balaban J connectivity index is 2.15. The fourth-order valence-electron chi connectivity index (χ4n) is 4.10. The van der Waals surface area contributed by atoms with Crippen LogP contribution in [0.15, 0.2) is 46.3 Å². The molecule has 1 fully saturated rings. The zero-order valence-corrected chi connectivity index (χ0v) is 20.0. The summed E-state index contributed by atoms with van der Waals surface area (Å²) in [6.45, 7) is 3.69. The standard InChI is InChI=1S/C22H23FN2O6S2/c1-14-6-8-16(9-7-14)32(27,28)25-19(33(29,30)24-10-4-5-11-24)13-17-20(22(26)31-3)15(2)12-18(23)21(17)25/h6-9,12-13H,4-5,10-11H2,1-3H3. The molecule has 3 aromatic rings. The second-order valence-electron chi connectivity index (χ2n) is 7.98. The van der Waals surface area contributed by atoms with Crippen LogP contribution in [0, 0.1) is 19.7 Å². The number of aryl methyl sites for hydroxylation is 2. The molecule has 1 saturated heterocycles. The third kappa shape index (κ3) is 3.73. The third-order valence-electron chi connectivity index (χ3n) is 5.78. The Bertz CT molecular complexity index is 1470. The fraction of sp³-hybridized carbons (Fsp3) is 0.318. The van der Waals surface area contributed by atoms with Crippen LogP contribution in [0.4, 0.5) is 4.39 Å². The number of esters is 1. The molecule has 0 N–H and O–H groups in total. The van der Waals surface area contributed by atoms with E-state index in [1.54, 1.807) is 19.1 Å². The number of hydrogen-bond acceptors (Lipinski definition) is 6. The second kappa shape index (κ2) is 8.23. The number of methoxy groups -OCH3 is 1. The molecule has 0 aliphatic carbocycles. The Morgan fingerprint density at radius 2 is 1.58 bits per heavy atom. The van der Waals surface area contributed by atoms with Crippen molar-refractivity contribution in [1.29, 1.82) is 0 Å². The SMILES string of the molecule is COC(=O)c1c(C)cc(F)c2c1cc(S(=O)(=O)N1CCCC1)n2S(=O)(=O)c1ccc(C)cc1. The van der Waals surface area contributed by atoms with Gasteiger partial charge in [-0.2, -0.15) is 4.31 Å². The van der Waals surface area contributed by atoms with Crippen LogP contribution in [-0.2, 0) is 24.8 Å². The molecule has 0 unspecified atom stereocenters. The number of ether oxygens (including phenoxy) is 1. The predicted octanol–water partition coefficient (Wildman–Crippen LogP) is 3.21. The molecular formula is C22H23FN2O6S2. The zero-order chi connectivity index (χ0) is 24.1. The molecule has 0 bridgehead atoms. The molecule has 1 aliphatic rings. The maximum Gasteiger partial charge on any atom is 0.338 e. The lowest BCUT2D eigenvalue weighted by molar-refractivity contribution is 0.0602. The summed E-state index contributed by atoms with van der Waals surface area (Å²) in [4.78, 5) is 12.3. The minimum absolute atomic E-state index is 0.0929. The molecule has 1 aromatic heterocycles. The van der Waals surface area contributed by atoms with Crippen molar-refractivity contribution in [3.8, 4) is 0 Å². The highest BCUT2D eigenvalue weighted by atomic mass is 32.2. The van der Waals surface area contributed by atoms with Gasteiger partial charge in [-0.3, -0.25) is 0 Å². The quantitative estimate of drug-likeness (QED) is 0.505. The maximum absolute atomic E-state index is 15.3. The minimum Gasteiger partial charge on any atom is -0.465 e. The number of hydrogen-bond donors (Lipinski definition) is 0. The molecule has 0 amide bonds. The van der Waals surface area contributed by atoms with Gasteiger partial charge < -0.3 is 4.74 Å². The van der Waals surface area contributed by atoms with Gasteiger partial charge in [-0.25, -0.2) is 30.0 Å². The highest BCUT2D eigenvalue weighted by Gasteiger charge is 2.37. The van der Waals surface area contributed by atoms with Crippen molar-refractivity contribution in [2.24, 2.45) is 0 Å². The number of sulfonamides is 1. The first kappa shape index (κ1) is 23.4. The number of fused-ring (bicyclic) bond motifs is 1. The van der Waals surface area contributed by atoms with Crippen LogP contribution >= 0.6 is 0 Å². The van der Waals surface area contributed by atoms with Gasteiger partial charge in [0.05, 0.1) is 17.6 Å². The first-order chi connectivity index (χ1) is 15.5. The maximum atomic E-state index is 15.3. The van der Waals surface area contributed by atoms with E-state index in [0.717, 1.165) is 24.8 Å². The number of carbonyl (C=O) groups is 1. The second-order valence-corrected chi connectivity index (χ2v) is 11.7. The number of aromatic nitrogens is 1. The lowest BCUT2D eigenvalue weighted by Crippen LogP contribution is -2.31. The first-order valence-electron chi connectivity index (χ1n) is 10.3. The molecule has 0 saturated carbocycles. The predicted molar refractivity (Wildman–Crippen MR) is 120 cm³/mol. The summed E-state index contributed by atoms with van der Waals surface area (Å²) in [5.41, 5.74) is 0.386. The molecule has 2 aromatic carbocycles. The summed E-state index contributed by atoms with van der Waals surface area (Å²) in [7, 11) is -7.72. The molecule has 1 aliphatic heterocycles. The fourth-order valence-corrected chi connectivity index (χ4v) is 7.65. The van der Waals surface area contributed by atoms with Gasteiger partial charge in [-0.05, 0) is 56.5 Å². The van der Waals surface area contributed by atoms with E-state index in [1.807, 2.05) is 0 Å². The van der Waals surface area contributed by atoms with Crippen LogP contribution in [0.3, 0.4) is 0 Å². The van der Waals surface area contributed by atoms with Gasteiger partial charge in [0.2, 0.25) is 0 Å². The van der Waals surface area contributed by atoms with E-state index in [0.29, 0.717) is 16.8 Å². The first-order valence-corrected chi connectivity index (χ1v) is 13.1. The van der Waals surface area contributed by atoms with E-state index in [-0.39, 0.29) is 34.5 Å². The Morgan fingerprint density at radius 3 is 2.15 bits per heavy atom. The molecule has 11 heteroatoms. The van der Waals surface area contributed by atoms with E-state index in [4.69, 9.17) is 4.74 Å². The van der Waals surface area contributed by atoms with Crippen molar-refractivity contribution in [3.05, 3.63) is 58.9 Å². The Labute approximate surface area is 191 Å². The summed E-state index contributed by atoms with van der Waals surface area (Å²) >= 11 is 0. The third-order valence-corrected chi connectivity index (χ3v) is 9.49. The minimum atomic E-state index is -4.55. The van der Waals surface area contributed by atoms with E-state index in [1.165, 1.54) is 23.4 Å².